The minimum Gasteiger partial charge on any atom is -0.476 e. The van der Waals surface area contributed by atoms with Crippen LogP contribution in [-0.2, 0) is 6.54 Å². The summed E-state index contributed by atoms with van der Waals surface area (Å²) >= 11 is 0.979. The van der Waals surface area contributed by atoms with Crippen LogP contribution < -0.4 is 5.32 Å². The molecule has 8 nitrogen and oxygen atoms in total. The van der Waals surface area contributed by atoms with Crippen LogP contribution >= 0.6 is 11.3 Å². The molecule has 2 heterocycles. The van der Waals surface area contributed by atoms with Gasteiger partial charge in [0, 0.05) is 6.92 Å². The molecule has 0 unspecified atom stereocenters. The number of aromatic nitrogens is 3. The average molecular weight is 268 g/mol. The number of rotatable bonds is 5. The lowest BCUT2D eigenvalue weighted by atomic mass is 10.3. The van der Waals surface area contributed by atoms with E-state index in [-0.39, 0.29) is 22.9 Å². The van der Waals surface area contributed by atoms with Crippen molar-refractivity contribution in [2.75, 3.05) is 5.32 Å². The second-order valence-electron chi connectivity index (χ2n) is 3.26. The van der Waals surface area contributed by atoms with E-state index in [9.17, 15) is 9.59 Å². The zero-order valence-electron chi connectivity index (χ0n) is 9.21. The van der Waals surface area contributed by atoms with Gasteiger partial charge in [0.25, 0.3) is 0 Å². The topological polar surface area (TPSA) is 118 Å². The molecular weight excluding hydrogens is 260 g/mol. The summed E-state index contributed by atoms with van der Waals surface area (Å²) < 4.78 is 4.54. The molecule has 0 atom stereocenters. The zero-order valence-corrected chi connectivity index (χ0v) is 10.0. The number of anilines is 1. The Morgan fingerprint density at radius 1 is 1.56 bits per heavy atom. The molecule has 2 rings (SSSR count). The smallest absolute Gasteiger partial charge is 0.356 e. The number of carbonyl (C=O) groups excluding carboxylic acids is 1. The van der Waals surface area contributed by atoms with Crippen LogP contribution in [-0.4, -0.2) is 32.0 Å². The Morgan fingerprint density at radius 3 is 2.83 bits per heavy atom. The van der Waals surface area contributed by atoms with E-state index in [1.807, 2.05) is 0 Å². The molecule has 0 aliphatic rings. The summed E-state index contributed by atoms with van der Waals surface area (Å²) in [6.45, 7) is 1.53. The van der Waals surface area contributed by atoms with Gasteiger partial charge in [-0.05, 0) is 0 Å². The van der Waals surface area contributed by atoms with Crippen LogP contribution in [0.5, 0.6) is 0 Å². The molecule has 2 N–H and O–H groups in total. The molecule has 0 spiro atoms. The monoisotopic (exact) mass is 268 g/mol. The number of thiazole rings is 1. The number of carboxylic acids is 1. The van der Waals surface area contributed by atoms with Gasteiger partial charge < -0.3 is 14.9 Å². The Morgan fingerprint density at radius 2 is 2.33 bits per heavy atom. The highest BCUT2D eigenvalue weighted by Crippen LogP contribution is 2.23. The molecule has 0 saturated carbocycles. The maximum atomic E-state index is 11.3. The van der Waals surface area contributed by atoms with Crippen LogP contribution in [0.4, 0.5) is 5.13 Å². The molecular formula is C9H8N4O4S. The maximum absolute atomic E-state index is 11.3. The summed E-state index contributed by atoms with van der Waals surface area (Å²) in [5.41, 5.74) is -0.247. The lowest BCUT2D eigenvalue weighted by Crippen LogP contribution is -2.04. The fraction of sp³-hybridized carbons (Fsp3) is 0.222. The molecule has 0 fully saturated rings. The van der Waals surface area contributed by atoms with E-state index >= 15 is 0 Å². The normalized spacial score (nSPS) is 10.3. The van der Waals surface area contributed by atoms with E-state index in [1.54, 1.807) is 0 Å². The van der Waals surface area contributed by atoms with E-state index in [0.717, 1.165) is 11.3 Å². The van der Waals surface area contributed by atoms with E-state index in [0.29, 0.717) is 11.0 Å². The van der Waals surface area contributed by atoms with E-state index in [1.165, 1.54) is 13.3 Å². The Balaban J connectivity index is 2.16. The Labute approximate surface area is 105 Å². The fourth-order valence-corrected chi connectivity index (χ4v) is 2.05. The van der Waals surface area contributed by atoms with Crippen molar-refractivity contribution < 1.29 is 19.2 Å². The molecule has 0 aliphatic carbocycles. The van der Waals surface area contributed by atoms with Crippen LogP contribution in [0.1, 0.15) is 32.9 Å². The van der Waals surface area contributed by atoms with Gasteiger partial charge in [0.15, 0.2) is 22.4 Å². The van der Waals surface area contributed by atoms with Crippen molar-refractivity contribution in [3.8, 4) is 0 Å². The van der Waals surface area contributed by atoms with Crippen molar-refractivity contribution in [2.45, 2.75) is 13.5 Å². The highest BCUT2D eigenvalue weighted by molar-refractivity contribution is 7.17. The van der Waals surface area contributed by atoms with E-state index in [2.05, 4.69) is 25.0 Å². The van der Waals surface area contributed by atoms with E-state index in [4.69, 9.17) is 5.11 Å². The van der Waals surface area contributed by atoms with Crippen molar-refractivity contribution in [2.24, 2.45) is 0 Å². The lowest BCUT2D eigenvalue weighted by Gasteiger charge is -1.95. The van der Waals surface area contributed by atoms with Crippen molar-refractivity contribution in [3.05, 3.63) is 22.8 Å². The third-order valence-corrected chi connectivity index (χ3v) is 3.07. The number of carboxylic acid groups (broad SMARTS) is 1. The summed E-state index contributed by atoms with van der Waals surface area (Å²) in [5, 5.41) is 15.6. The number of aromatic carboxylic acids is 1. The molecule has 0 saturated heterocycles. The first-order chi connectivity index (χ1) is 8.58. The Hall–Kier alpha value is -2.29. The highest BCUT2D eigenvalue weighted by atomic mass is 32.1. The Bertz CT molecular complexity index is 546. The SMILES string of the molecule is CC(=O)c1sc(NCc2ncon2)nc1C(=O)O. The van der Waals surface area contributed by atoms with Gasteiger partial charge in [-0.1, -0.05) is 16.5 Å². The minimum absolute atomic E-state index is 0.109. The summed E-state index contributed by atoms with van der Waals surface area (Å²) in [4.78, 5) is 29.9. The van der Waals surface area contributed by atoms with E-state index < -0.39 is 5.97 Å². The first-order valence-electron chi connectivity index (χ1n) is 4.82. The molecule has 0 amide bonds. The number of hydrogen-bond donors (Lipinski definition) is 2. The molecule has 18 heavy (non-hydrogen) atoms. The van der Waals surface area contributed by atoms with Gasteiger partial charge in [-0.2, -0.15) is 4.98 Å². The van der Waals surface area contributed by atoms with Crippen LogP contribution in [0, 0.1) is 0 Å². The second kappa shape index (κ2) is 4.92. The zero-order chi connectivity index (χ0) is 13.1. The summed E-state index contributed by atoms with van der Waals surface area (Å²) in [5.74, 6) is -1.16. The van der Waals surface area contributed by atoms with Gasteiger partial charge in [0.2, 0.25) is 6.39 Å². The van der Waals surface area contributed by atoms with Gasteiger partial charge in [-0.15, -0.1) is 0 Å². The molecule has 9 heteroatoms. The van der Waals surface area contributed by atoms with Gasteiger partial charge in [-0.3, -0.25) is 4.79 Å². The second-order valence-corrected chi connectivity index (χ2v) is 4.26. The average Bonchev–Trinajstić information content (AvgIpc) is 2.95. The molecule has 2 aromatic rings. The number of nitrogens with one attached hydrogen (secondary N) is 1. The van der Waals surface area contributed by atoms with Crippen LogP contribution in [0.15, 0.2) is 10.9 Å². The molecule has 94 valence electrons. The first-order valence-corrected chi connectivity index (χ1v) is 5.63. The number of carbonyl (C=O) groups is 2. The van der Waals surface area contributed by atoms with Crippen molar-refractivity contribution in [3.63, 3.8) is 0 Å². The minimum atomic E-state index is -1.23. The number of Topliss-reactive ketones (excluding diaryl/α,β-unsaturated/α-hetero) is 1. The molecule has 2 aromatic heterocycles. The molecule has 0 bridgehead atoms. The van der Waals surface area contributed by atoms with Crippen LogP contribution in [0.3, 0.4) is 0 Å². The standard InChI is InChI=1S/C9H8N4O4S/c1-4(14)7-6(8(15)16)12-9(18-7)10-2-5-11-3-17-13-5/h3H,2H2,1H3,(H,10,12)(H,15,16). The lowest BCUT2D eigenvalue weighted by molar-refractivity contribution is 0.0687. The maximum Gasteiger partial charge on any atom is 0.356 e. The third kappa shape index (κ3) is 2.51. The van der Waals surface area contributed by atoms with Gasteiger partial charge in [0.05, 0.1) is 6.54 Å². The highest BCUT2D eigenvalue weighted by Gasteiger charge is 2.20. The summed E-state index contributed by atoms with van der Waals surface area (Å²) in [6.07, 6.45) is 1.18. The van der Waals surface area contributed by atoms with Gasteiger partial charge in [0.1, 0.15) is 4.88 Å². The van der Waals surface area contributed by atoms with Gasteiger partial charge >= 0.3 is 5.97 Å². The first kappa shape index (κ1) is 12.2. The van der Waals surface area contributed by atoms with Gasteiger partial charge in [-0.25, -0.2) is 9.78 Å². The number of ketones is 1. The molecule has 0 radical (unpaired) electrons. The van der Waals surface area contributed by atoms with Crippen molar-refractivity contribution in [1.82, 2.24) is 15.1 Å². The van der Waals surface area contributed by atoms with Crippen LogP contribution in [0.2, 0.25) is 0 Å². The largest absolute Gasteiger partial charge is 0.476 e. The fourth-order valence-electron chi connectivity index (χ4n) is 1.20. The summed E-state index contributed by atoms with van der Waals surface area (Å²) in [6, 6.07) is 0. The summed E-state index contributed by atoms with van der Waals surface area (Å²) in [7, 11) is 0. The van der Waals surface area contributed by atoms with Crippen molar-refractivity contribution >= 4 is 28.2 Å². The van der Waals surface area contributed by atoms with Crippen LogP contribution in [0.25, 0.3) is 0 Å². The predicted molar refractivity (Wildman–Crippen MR) is 60.7 cm³/mol. The Kier molecular flexibility index (Phi) is 3.33. The molecule has 0 aromatic carbocycles. The quantitative estimate of drug-likeness (QED) is 0.772. The van der Waals surface area contributed by atoms with Crippen molar-refractivity contribution in [1.29, 1.82) is 0 Å². The predicted octanol–water partition coefficient (Wildman–Crippen LogP) is 1.04. The third-order valence-electron chi connectivity index (χ3n) is 1.95. The number of hydrogen-bond acceptors (Lipinski definition) is 8. The molecule has 0 aliphatic heterocycles. The number of nitrogens with zero attached hydrogens (tertiary/aromatic N) is 3.